The molecular formula is C13H19BrN2O2. The van der Waals surface area contributed by atoms with Crippen LogP contribution in [0.3, 0.4) is 0 Å². The molecule has 1 aliphatic rings. The van der Waals surface area contributed by atoms with E-state index in [1.807, 2.05) is 18.2 Å². The van der Waals surface area contributed by atoms with Crippen molar-refractivity contribution >= 4 is 15.9 Å². The standard InChI is InChI=1S/C13H19BrN2O2/c1-17-11-2-3-13(12(14)10-11)18-9-8-16-6-4-15-5-7-16/h2-3,10,15H,4-9H2,1H3. The Morgan fingerprint density at radius 1 is 1.33 bits per heavy atom. The third-order valence-electron chi connectivity index (χ3n) is 3.01. The van der Waals surface area contributed by atoms with E-state index >= 15 is 0 Å². The van der Waals surface area contributed by atoms with Crippen molar-refractivity contribution in [1.82, 2.24) is 10.2 Å². The number of methoxy groups -OCH3 is 1. The fourth-order valence-corrected chi connectivity index (χ4v) is 2.42. The number of benzene rings is 1. The maximum Gasteiger partial charge on any atom is 0.133 e. The zero-order chi connectivity index (χ0) is 12.8. The first-order valence-electron chi connectivity index (χ1n) is 6.19. The second-order valence-corrected chi connectivity index (χ2v) is 5.09. The molecule has 100 valence electrons. The van der Waals surface area contributed by atoms with Crippen LogP contribution in [0.5, 0.6) is 11.5 Å². The molecular weight excluding hydrogens is 296 g/mol. The quantitative estimate of drug-likeness (QED) is 0.897. The van der Waals surface area contributed by atoms with Crippen LogP contribution in [0.15, 0.2) is 22.7 Å². The summed E-state index contributed by atoms with van der Waals surface area (Å²) in [4.78, 5) is 2.41. The van der Waals surface area contributed by atoms with Crippen LogP contribution in [0.4, 0.5) is 0 Å². The van der Waals surface area contributed by atoms with Crippen molar-refractivity contribution in [3.05, 3.63) is 22.7 Å². The molecule has 1 saturated heterocycles. The highest BCUT2D eigenvalue weighted by Crippen LogP contribution is 2.28. The minimum atomic E-state index is 0.713. The van der Waals surface area contributed by atoms with Gasteiger partial charge < -0.3 is 14.8 Å². The lowest BCUT2D eigenvalue weighted by Gasteiger charge is -2.27. The van der Waals surface area contributed by atoms with Gasteiger partial charge in [-0.3, -0.25) is 4.90 Å². The smallest absolute Gasteiger partial charge is 0.133 e. The highest BCUT2D eigenvalue weighted by atomic mass is 79.9. The molecule has 4 nitrogen and oxygen atoms in total. The molecule has 0 spiro atoms. The Morgan fingerprint density at radius 2 is 2.11 bits per heavy atom. The first-order valence-corrected chi connectivity index (χ1v) is 6.98. The van der Waals surface area contributed by atoms with Gasteiger partial charge in [0.15, 0.2) is 0 Å². The Morgan fingerprint density at radius 3 is 2.78 bits per heavy atom. The van der Waals surface area contributed by atoms with Crippen molar-refractivity contribution in [3.8, 4) is 11.5 Å². The van der Waals surface area contributed by atoms with Crippen molar-refractivity contribution in [2.24, 2.45) is 0 Å². The Kier molecular flexibility index (Phi) is 5.28. The van der Waals surface area contributed by atoms with Crippen LogP contribution in [0.2, 0.25) is 0 Å². The summed E-state index contributed by atoms with van der Waals surface area (Å²) in [6, 6.07) is 5.76. The van der Waals surface area contributed by atoms with Gasteiger partial charge in [-0.25, -0.2) is 0 Å². The molecule has 5 heteroatoms. The number of nitrogens with one attached hydrogen (secondary N) is 1. The van der Waals surface area contributed by atoms with Gasteiger partial charge in [0.2, 0.25) is 0 Å². The van der Waals surface area contributed by atoms with Crippen LogP contribution < -0.4 is 14.8 Å². The van der Waals surface area contributed by atoms with Gasteiger partial charge in [-0.05, 0) is 34.1 Å². The van der Waals surface area contributed by atoms with Crippen molar-refractivity contribution < 1.29 is 9.47 Å². The van der Waals surface area contributed by atoms with E-state index < -0.39 is 0 Å². The summed E-state index contributed by atoms with van der Waals surface area (Å²) in [5, 5.41) is 3.34. The van der Waals surface area contributed by atoms with Gasteiger partial charge >= 0.3 is 0 Å². The minimum absolute atomic E-state index is 0.713. The molecule has 0 saturated carbocycles. The molecule has 1 aromatic carbocycles. The number of piperazine rings is 1. The number of hydrogen-bond donors (Lipinski definition) is 1. The lowest BCUT2D eigenvalue weighted by atomic mass is 10.3. The van der Waals surface area contributed by atoms with Gasteiger partial charge in [0.05, 0.1) is 11.6 Å². The van der Waals surface area contributed by atoms with Gasteiger partial charge in [-0.2, -0.15) is 0 Å². The summed E-state index contributed by atoms with van der Waals surface area (Å²) in [6.45, 7) is 6.05. The SMILES string of the molecule is COc1ccc(OCCN2CCNCC2)c(Br)c1. The maximum atomic E-state index is 5.77. The molecule has 1 heterocycles. The normalized spacial score (nSPS) is 16.6. The lowest BCUT2D eigenvalue weighted by molar-refractivity contribution is 0.191. The van der Waals surface area contributed by atoms with E-state index in [1.165, 1.54) is 0 Å². The number of rotatable bonds is 5. The van der Waals surface area contributed by atoms with Crippen LogP contribution in [0.1, 0.15) is 0 Å². The van der Waals surface area contributed by atoms with Crippen LogP contribution in [-0.2, 0) is 0 Å². The molecule has 1 aromatic rings. The molecule has 18 heavy (non-hydrogen) atoms. The second-order valence-electron chi connectivity index (χ2n) is 4.24. The van der Waals surface area contributed by atoms with Gasteiger partial charge in [-0.1, -0.05) is 0 Å². The van der Waals surface area contributed by atoms with E-state index in [0.717, 1.165) is 48.7 Å². The molecule has 0 radical (unpaired) electrons. The summed E-state index contributed by atoms with van der Waals surface area (Å²) >= 11 is 3.49. The Labute approximate surface area is 116 Å². The topological polar surface area (TPSA) is 33.7 Å². The number of ether oxygens (including phenoxy) is 2. The minimum Gasteiger partial charge on any atom is -0.497 e. The Balaban J connectivity index is 1.79. The molecule has 0 aliphatic carbocycles. The Bertz CT molecular complexity index is 381. The van der Waals surface area contributed by atoms with Crippen molar-refractivity contribution in [3.63, 3.8) is 0 Å². The molecule has 2 rings (SSSR count). The van der Waals surface area contributed by atoms with E-state index in [-0.39, 0.29) is 0 Å². The van der Waals surface area contributed by atoms with Crippen molar-refractivity contribution in [1.29, 1.82) is 0 Å². The van der Waals surface area contributed by atoms with E-state index in [2.05, 4.69) is 26.1 Å². The van der Waals surface area contributed by atoms with Crippen LogP contribution in [0.25, 0.3) is 0 Å². The van der Waals surface area contributed by atoms with Crippen molar-refractivity contribution in [2.45, 2.75) is 0 Å². The third kappa shape index (κ3) is 3.86. The summed E-state index contributed by atoms with van der Waals surface area (Å²) in [7, 11) is 1.66. The summed E-state index contributed by atoms with van der Waals surface area (Å²) in [5.74, 6) is 1.70. The highest BCUT2D eigenvalue weighted by molar-refractivity contribution is 9.10. The molecule has 1 fully saturated rings. The largest absolute Gasteiger partial charge is 0.497 e. The van der Waals surface area contributed by atoms with Crippen LogP contribution in [0, 0.1) is 0 Å². The van der Waals surface area contributed by atoms with Gasteiger partial charge in [-0.15, -0.1) is 0 Å². The molecule has 0 unspecified atom stereocenters. The number of hydrogen-bond acceptors (Lipinski definition) is 4. The molecule has 0 amide bonds. The molecule has 1 N–H and O–H groups in total. The molecule has 0 bridgehead atoms. The Hall–Kier alpha value is -0.780. The third-order valence-corrected chi connectivity index (χ3v) is 3.63. The number of halogens is 1. The summed E-state index contributed by atoms with van der Waals surface area (Å²) in [6.07, 6.45) is 0. The molecule has 0 atom stereocenters. The van der Waals surface area contributed by atoms with Gasteiger partial charge in [0, 0.05) is 32.7 Å². The fraction of sp³-hybridized carbons (Fsp3) is 0.538. The summed E-state index contributed by atoms with van der Waals surface area (Å²) < 4.78 is 11.9. The van der Waals surface area contributed by atoms with Gasteiger partial charge in [0.1, 0.15) is 18.1 Å². The average Bonchev–Trinajstić information content (AvgIpc) is 2.42. The lowest BCUT2D eigenvalue weighted by Crippen LogP contribution is -2.44. The van der Waals surface area contributed by atoms with Crippen LogP contribution in [-0.4, -0.2) is 51.3 Å². The van der Waals surface area contributed by atoms with Crippen molar-refractivity contribution in [2.75, 3.05) is 46.4 Å². The maximum absolute atomic E-state index is 5.77. The second kappa shape index (κ2) is 6.97. The predicted octanol–water partition coefficient (Wildman–Crippen LogP) is 1.74. The van der Waals surface area contributed by atoms with Crippen LogP contribution >= 0.6 is 15.9 Å². The van der Waals surface area contributed by atoms with E-state index in [0.29, 0.717) is 6.61 Å². The zero-order valence-electron chi connectivity index (χ0n) is 10.6. The van der Waals surface area contributed by atoms with E-state index in [1.54, 1.807) is 7.11 Å². The highest BCUT2D eigenvalue weighted by Gasteiger charge is 2.09. The predicted molar refractivity (Wildman–Crippen MR) is 75.5 cm³/mol. The first kappa shape index (κ1) is 13.6. The molecule has 0 aromatic heterocycles. The number of nitrogens with zero attached hydrogens (tertiary/aromatic N) is 1. The van der Waals surface area contributed by atoms with Gasteiger partial charge in [0.25, 0.3) is 0 Å². The van der Waals surface area contributed by atoms with E-state index in [9.17, 15) is 0 Å². The zero-order valence-corrected chi connectivity index (χ0v) is 12.2. The average molecular weight is 315 g/mol. The monoisotopic (exact) mass is 314 g/mol. The first-order chi connectivity index (χ1) is 8.79. The van der Waals surface area contributed by atoms with E-state index in [4.69, 9.17) is 9.47 Å². The fourth-order valence-electron chi connectivity index (χ4n) is 1.95. The summed E-state index contributed by atoms with van der Waals surface area (Å²) in [5.41, 5.74) is 0. The molecule has 1 aliphatic heterocycles.